The Labute approximate surface area is 80.9 Å². The van der Waals surface area contributed by atoms with E-state index in [0.717, 1.165) is 25.9 Å². The van der Waals surface area contributed by atoms with Crippen LogP contribution in [0.2, 0.25) is 0 Å². The van der Waals surface area contributed by atoms with Crippen LogP contribution in [0.1, 0.15) is 12.0 Å². The van der Waals surface area contributed by atoms with Gasteiger partial charge < -0.3 is 15.4 Å². The second-order valence-corrected chi connectivity index (χ2v) is 3.56. The van der Waals surface area contributed by atoms with Crippen LogP contribution in [-0.4, -0.2) is 28.2 Å². The number of nitrogens with zero attached hydrogens (tertiary/aromatic N) is 2. The summed E-state index contributed by atoms with van der Waals surface area (Å²) in [6.45, 7) is 1.96. The van der Waals surface area contributed by atoms with Crippen LogP contribution < -0.4 is 5.32 Å². The van der Waals surface area contributed by atoms with Crippen LogP contribution in [0.15, 0.2) is 6.20 Å². The number of H-pyrrole nitrogens is 1. The van der Waals surface area contributed by atoms with Crippen molar-refractivity contribution in [2.24, 2.45) is 5.92 Å². The highest BCUT2D eigenvalue weighted by atomic mass is 16.6. The van der Waals surface area contributed by atoms with Crippen molar-refractivity contribution in [2.45, 2.75) is 12.8 Å². The molecule has 2 heterocycles. The molecule has 1 fully saturated rings. The Bertz CT molecular complexity index is 330. The summed E-state index contributed by atoms with van der Waals surface area (Å²) in [6, 6.07) is 0. The quantitative estimate of drug-likeness (QED) is 0.543. The highest BCUT2D eigenvalue weighted by Crippen LogP contribution is 2.20. The molecular weight excluding hydrogens is 184 g/mol. The molecule has 1 saturated heterocycles. The van der Waals surface area contributed by atoms with E-state index in [4.69, 9.17) is 0 Å². The fraction of sp³-hybridized carbons (Fsp3) is 0.625. The summed E-state index contributed by atoms with van der Waals surface area (Å²) in [5.41, 5.74) is 0.712. The van der Waals surface area contributed by atoms with E-state index < -0.39 is 4.92 Å². The van der Waals surface area contributed by atoms with Crippen molar-refractivity contribution in [3.8, 4) is 0 Å². The highest BCUT2D eigenvalue weighted by Gasteiger charge is 2.21. The molecule has 0 amide bonds. The molecule has 0 spiro atoms. The third-order valence-electron chi connectivity index (χ3n) is 2.55. The smallest absolute Gasteiger partial charge is 0.345 e. The lowest BCUT2D eigenvalue weighted by Gasteiger charge is -2.04. The topological polar surface area (TPSA) is 83.8 Å². The van der Waals surface area contributed by atoms with Gasteiger partial charge in [-0.1, -0.05) is 5.10 Å². The van der Waals surface area contributed by atoms with Crippen molar-refractivity contribution in [3.05, 3.63) is 21.9 Å². The third-order valence-corrected chi connectivity index (χ3v) is 2.55. The Balaban J connectivity index is 2.07. The van der Waals surface area contributed by atoms with Crippen molar-refractivity contribution in [3.63, 3.8) is 0 Å². The third kappa shape index (κ3) is 1.74. The average Bonchev–Trinajstić information content (AvgIpc) is 2.75. The van der Waals surface area contributed by atoms with Gasteiger partial charge in [0, 0.05) is 0 Å². The van der Waals surface area contributed by atoms with Gasteiger partial charge in [-0.05, 0) is 36.8 Å². The predicted octanol–water partition coefficient (Wildman–Crippen LogP) is 0.470. The Morgan fingerprint density at radius 1 is 1.71 bits per heavy atom. The summed E-state index contributed by atoms with van der Waals surface area (Å²) < 4.78 is 0. The van der Waals surface area contributed by atoms with E-state index in [-0.39, 0.29) is 5.82 Å². The van der Waals surface area contributed by atoms with Crippen LogP contribution in [-0.2, 0) is 6.42 Å². The minimum absolute atomic E-state index is 0.0388. The first-order chi connectivity index (χ1) is 6.77. The Hall–Kier alpha value is -1.43. The normalized spacial score (nSPS) is 21.3. The molecule has 14 heavy (non-hydrogen) atoms. The Morgan fingerprint density at radius 3 is 3.21 bits per heavy atom. The second kappa shape index (κ2) is 3.75. The highest BCUT2D eigenvalue weighted by molar-refractivity contribution is 5.29. The minimum atomic E-state index is -0.412. The molecule has 0 aromatic carbocycles. The first-order valence-corrected chi connectivity index (χ1v) is 4.64. The fourth-order valence-electron chi connectivity index (χ4n) is 1.81. The van der Waals surface area contributed by atoms with E-state index in [1.165, 1.54) is 0 Å². The summed E-state index contributed by atoms with van der Waals surface area (Å²) >= 11 is 0. The zero-order valence-electron chi connectivity index (χ0n) is 7.69. The fourth-order valence-corrected chi connectivity index (χ4v) is 1.81. The Morgan fingerprint density at radius 2 is 2.57 bits per heavy atom. The molecule has 1 unspecified atom stereocenters. The molecule has 0 saturated carbocycles. The van der Waals surface area contributed by atoms with Gasteiger partial charge in [-0.25, -0.2) is 0 Å². The van der Waals surface area contributed by atoms with E-state index in [9.17, 15) is 10.1 Å². The lowest BCUT2D eigenvalue weighted by Crippen LogP contribution is -2.11. The summed E-state index contributed by atoms with van der Waals surface area (Å²) in [4.78, 5) is 10.2. The van der Waals surface area contributed by atoms with Crippen LogP contribution in [0.25, 0.3) is 0 Å². The zero-order chi connectivity index (χ0) is 9.97. The maximum atomic E-state index is 10.6. The van der Waals surface area contributed by atoms with Gasteiger partial charge in [0.15, 0.2) is 0 Å². The minimum Gasteiger partial charge on any atom is -0.358 e. The van der Waals surface area contributed by atoms with Gasteiger partial charge in [-0.2, -0.15) is 0 Å². The largest absolute Gasteiger partial charge is 0.358 e. The molecule has 0 radical (unpaired) electrons. The molecule has 1 aliphatic rings. The number of nitrogens with one attached hydrogen (secondary N) is 2. The van der Waals surface area contributed by atoms with Crippen LogP contribution >= 0.6 is 0 Å². The van der Waals surface area contributed by atoms with E-state index in [0.29, 0.717) is 11.5 Å². The van der Waals surface area contributed by atoms with Gasteiger partial charge in [0.2, 0.25) is 0 Å². The lowest BCUT2D eigenvalue weighted by molar-refractivity contribution is -0.390. The molecular formula is C8H12N4O2. The number of nitro groups is 1. The monoisotopic (exact) mass is 196 g/mol. The summed E-state index contributed by atoms with van der Waals surface area (Å²) in [6.07, 6.45) is 3.37. The van der Waals surface area contributed by atoms with Gasteiger partial charge in [-0.15, -0.1) is 5.10 Å². The van der Waals surface area contributed by atoms with E-state index in [1.807, 2.05) is 0 Å². The number of aromatic nitrogens is 2. The SMILES string of the molecule is O=[N+]([O-])c1[nH]ncc1CC1CCNC1. The Kier molecular flexibility index (Phi) is 2.45. The number of aromatic amines is 1. The molecule has 1 atom stereocenters. The molecule has 0 aliphatic carbocycles. The lowest BCUT2D eigenvalue weighted by atomic mass is 10.0. The van der Waals surface area contributed by atoms with Crippen LogP contribution in [0.5, 0.6) is 0 Å². The molecule has 6 heteroatoms. The molecule has 6 nitrogen and oxygen atoms in total. The van der Waals surface area contributed by atoms with E-state index in [2.05, 4.69) is 15.5 Å². The zero-order valence-corrected chi connectivity index (χ0v) is 7.69. The molecule has 2 rings (SSSR count). The van der Waals surface area contributed by atoms with Crippen molar-refractivity contribution in [2.75, 3.05) is 13.1 Å². The number of rotatable bonds is 3. The van der Waals surface area contributed by atoms with Gasteiger partial charge >= 0.3 is 5.82 Å². The summed E-state index contributed by atoms with van der Waals surface area (Å²) in [5.74, 6) is 0.545. The number of hydrogen-bond acceptors (Lipinski definition) is 4. The van der Waals surface area contributed by atoms with Crippen molar-refractivity contribution >= 4 is 5.82 Å². The average molecular weight is 196 g/mol. The molecule has 76 valence electrons. The molecule has 0 bridgehead atoms. The van der Waals surface area contributed by atoms with Gasteiger partial charge in [-0.3, -0.25) is 0 Å². The maximum absolute atomic E-state index is 10.6. The molecule has 2 N–H and O–H groups in total. The molecule has 1 aromatic rings. The van der Waals surface area contributed by atoms with Crippen molar-refractivity contribution in [1.82, 2.24) is 15.5 Å². The predicted molar refractivity (Wildman–Crippen MR) is 49.9 cm³/mol. The summed E-state index contributed by atoms with van der Waals surface area (Å²) in [7, 11) is 0. The van der Waals surface area contributed by atoms with Crippen molar-refractivity contribution in [1.29, 1.82) is 0 Å². The van der Waals surface area contributed by atoms with E-state index in [1.54, 1.807) is 6.20 Å². The van der Waals surface area contributed by atoms with Gasteiger partial charge in [0.25, 0.3) is 0 Å². The first kappa shape index (κ1) is 9.14. The summed E-state index contributed by atoms with van der Waals surface area (Å²) in [5, 5.41) is 19.9. The van der Waals surface area contributed by atoms with Crippen LogP contribution in [0.4, 0.5) is 5.82 Å². The van der Waals surface area contributed by atoms with Crippen molar-refractivity contribution < 1.29 is 4.92 Å². The first-order valence-electron chi connectivity index (χ1n) is 4.64. The molecule has 1 aromatic heterocycles. The second-order valence-electron chi connectivity index (χ2n) is 3.56. The standard InChI is InChI=1S/C8H12N4O2/c13-12(14)8-7(5-10-11-8)3-6-1-2-9-4-6/h5-6,9H,1-4H2,(H,10,11). The van der Waals surface area contributed by atoms with Crippen LogP contribution in [0, 0.1) is 16.0 Å². The van der Waals surface area contributed by atoms with Gasteiger partial charge in [0.05, 0.1) is 11.8 Å². The van der Waals surface area contributed by atoms with Crippen LogP contribution in [0.3, 0.4) is 0 Å². The van der Waals surface area contributed by atoms with Gasteiger partial charge in [0.1, 0.15) is 0 Å². The van der Waals surface area contributed by atoms with E-state index >= 15 is 0 Å². The molecule has 1 aliphatic heterocycles. The number of hydrogen-bond donors (Lipinski definition) is 2. The maximum Gasteiger partial charge on any atom is 0.345 e.